The molecule has 0 saturated carbocycles. The predicted octanol–water partition coefficient (Wildman–Crippen LogP) is 2.13. The zero-order chi connectivity index (χ0) is 24.8. The third-order valence-corrected chi connectivity index (χ3v) is 6.14. The first kappa shape index (κ1) is 24.7. The Balaban J connectivity index is 1.38. The summed E-state index contributed by atoms with van der Waals surface area (Å²) in [6, 6.07) is 14.9. The van der Waals surface area contributed by atoms with Gasteiger partial charge in [0.15, 0.2) is 5.58 Å². The van der Waals surface area contributed by atoms with E-state index in [1.807, 2.05) is 43.3 Å². The lowest BCUT2D eigenvalue weighted by Gasteiger charge is -2.26. The molecule has 0 spiro atoms. The molecule has 3 atom stereocenters. The Bertz CT molecular complexity index is 1260. The number of aryl methyl sites for hydroxylation is 1. The average Bonchev–Trinajstić information content (AvgIpc) is 3.13. The molecule has 4 rings (SSSR count). The van der Waals surface area contributed by atoms with Crippen LogP contribution in [-0.4, -0.2) is 55.0 Å². The van der Waals surface area contributed by atoms with Crippen LogP contribution < -0.4 is 16.4 Å². The van der Waals surface area contributed by atoms with Crippen molar-refractivity contribution in [2.45, 2.75) is 38.0 Å². The number of hydrogen-bond donors (Lipinski definition) is 2. The predicted molar refractivity (Wildman–Crippen MR) is 131 cm³/mol. The summed E-state index contributed by atoms with van der Waals surface area (Å²) >= 11 is 0. The molecule has 2 N–H and O–H groups in total. The van der Waals surface area contributed by atoms with E-state index in [1.54, 1.807) is 13.1 Å². The maximum Gasteiger partial charge on any atom is 0.419 e. The lowest BCUT2D eigenvalue weighted by Crippen LogP contribution is -2.49. The van der Waals surface area contributed by atoms with Crippen molar-refractivity contribution in [3.05, 3.63) is 58.6 Å². The minimum absolute atomic E-state index is 0.0486. The van der Waals surface area contributed by atoms with Crippen molar-refractivity contribution in [2.75, 3.05) is 26.3 Å². The van der Waals surface area contributed by atoms with E-state index in [2.05, 4.69) is 16.7 Å². The molecule has 1 amide bonds. The quantitative estimate of drug-likeness (QED) is 0.534. The van der Waals surface area contributed by atoms with Crippen LogP contribution in [0.3, 0.4) is 0 Å². The van der Waals surface area contributed by atoms with Crippen LogP contribution in [0.1, 0.15) is 18.9 Å². The van der Waals surface area contributed by atoms with E-state index in [0.29, 0.717) is 31.8 Å². The summed E-state index contributed by atoms with van der Waals surface area (Å²) in [5, 5.41) is 15.6. The Morgan fingerprint density at radius 1 is 1.29 bits per heavy atom. The monoisotopic (exact) mass is 478 g/mol. The fourth-order valence-electron chi connectivity index (χ4n) is 4.17. The van der Waals surface area contributed by atoms with E-state index < -0.39 is 17.9 Å². The van der Waals surface area contributed by atoms with Gasteiger partial charge in [-0.2, -0.15) is 5.26 Å². The number of hydrogen-bond acceptors (Lipinski definition) is 7. The summed E-state index contributed by atoms with van der Waals surface area (Å²) in [7, 11) is 1.67. The number of fused-ring (bicyclic) bond motifs is 1. The molecule has 1 aliphatic rings. The standard InChI is InChI=1S/C26H30N4O5/c1-3-33-21-10-11-28-15-24(34-16-21)25(31)29-20(14-27)12-17-4-6-18(7-5-17)19-8-9-23-22(13-19)30(2)26(32)35-23/h4-9,13,20-21,24,28H,3,10-12,15-16H2,1-2H3,(H,29,31)/t20-,21-,24-/m0/s1. The zero-order valence-corrected chi connectivity index (χ0v) is 20.0. The van der Waals surface area contributed by atoms with Crippen LogP contribution in [0.5, 0.6) is 0 Å². The second kappa shape index (κ2) is 11.3. The molecule has 35 heavy (non-hydrogen) atoms. The number of carbonyl (C=O) groups excluding carboxylic acids is 1. The maximum atomic E-state index is 12.8. The van der Waals surface area contributed by atoms with Gasteiger partial charge < -0.3 is 24.5 Å². The summed E-state index contributed by atoms with van der Waals surface area (Å²) in [6.07, 6.45) is 0.477. The van der Waals surface area contributed by atoms with Crippen LogP contribution in [-0.2, 0) is 27.7 Å². The Morgan fingerprint density at radius 2 is 2.06 bits per heavy atom. The molecule has 1 saturated heterocycles. The second-order valence-electron chi connectivity index (χ2n) is 8.59. The first-order valence-electron chi connectivity index (χ1n) is 11.8. The summed E-state index contributed by atoms with van der Waals surface area (Å²) < 4.78 is 18.1. The van der Waals surface area contributed by atoms with E-state index in [-0.39, 0.29) is 12.0 Å². The molecule has 1 aliphatic heterocycles. The number of amides is 1. The largest absolute Gasteiger partial charge is 0.419 e. The molecule has 3 aromatic rings. The number of rotatable bonds is 7. The van der Waals surface area contributed by atoms with Crippen molar-refractivity contribution in [3.63, 3.8) is 0 Å². The number of nitriles is 1. The van der Waals surface area contributed by atoms with E-state index in [1.165, 1.54) is 4.57 Å². The number of oxazole rings is 1. The van der Waals surface area contributed by atoms with Crippen molar-refractivity contribution < 1.29 is 18.7 Å². The number of nitrogens with zero attached hydrogens (tertiary/aromatic N) is 2. The van der Waals surface area contributed by atoms with Crippen LogP contribution in [0.25, 0.3) is 22.2 Å². The van der Waals surface area contributed by atoms with Gasteiger partial charge in [-0.15, -0.1) is 0 Å². The Labute approximate surface area is 203 Å². The van der Waals surface area contributed by atoms with Gasteiger partial charge in [0, 0.05) is 26.6 Å². The highest BCUT2D eigenvalue weighted by molar-refractivity contribution is 5.82. The minimum atomic E-state index is -0.679. The number of nitrogens with one attached hydrogen (secondary N) is 2. The van der Waals surface area contributed by atoms with Gasteiger partial charge in [0.1, 0.15) is 12.1 Å². The molecular formula is C26H30N4O5. The Hall–Kier alpha value is -3.45. The van der Waals surface area contributed by atoms with Gasteiger partial charge in [-0.3, -0.25) is 9.36 Å². The van der Waals surface area contributed by atoms with Crippen molar-refractivity contribution in [2.24, 2.45) is 7.05 Å². The first-order chi connectivity index (χ1) is 17.0. The summed E-state index contributed by atoms with van der Waals surface area (Å²) in [5.74, 6) is -0.705. The summed E-state index contributed by atoms with van der Waals surface area (Å²) in [4.78, 5) is 24.5. The highest BCUT2D eigenvalue weighted by atomic mass is 16.5. The zero-order valence-electron chi connectivity index (χ0n) is 20.0. The van der Waals surface area contributed by atoms with Crippen LogP contribution in [0.2, 0.25) is 0 Å². The molecule has 0 unspecified atom stereocenters. The minimum Gasteiger partial charge on any atom is -0.408 e. The van der Waals surface area contributed by atoms with Crippen LogP contribution in [0.15, 0.2) is 51.7 Å². The maximum absolute atomic E-state index is 12.8. The van der Waals surface area contributed by atoms with Gasteiger partial charge >= 0.3 is 5.76 Å². The molecule has 1 aromatic heterocycles. The highest BCUT2D eigenvalue weighted by Gasteiger charge is 2.25. The van der Waals surface area contributed by atoms with Gasteiger partial charge in [-0.1, -0.05) is 30.3 Å². The number of benzene rings is 2. The topological polar surface area (TPSA) is 119 Å². The molecule has 2 aromatic carbocycles. The van der Waals surface area contributed by atoms with Gasteiger partial charge in [0.25, 0.3) is 5.91 Å². The number of aromatic nitrogens is 1. The lowest BCUT2D eigenvalue weighted by molar-refractivity contribution is -0.137. The highest BCUT2D eigenvalue weighted by Crippen LogP contribution is 2.24. The van der Waals surface area contributed by atoms with Gasteiger partial charge in [-0.25, -0.2) is 4.79 Å². The smallest absolute Gasteiger partial charge is 0.408 e. The molecule has 1 fully saturated rings. The van der Waals surface area contributed by atoms with E-state index in [4.69, 9.17) is 13.9 Å². The number of carbonyl (C=O) groups is 1. The molecule has 184 valence electrons. The second-order valence-corrected chi connectivity index (χ2v) is 8.59. The molecule has 0 aliphatic carbocycles. The van der Waals surface area contributed by atoms with Crippen molar-refractivity contribution in [3.8, 4) is 17.2 Å². The van der Waals surface area contributed by atoms with Crippen LogP contribution >= 0.6 is 0 Å². The third kappa shape index (κ3) is 5.98. The lowest BCUT2D eigenvalue weighted by atomic mass is 10.0. The van der Waals surface area contributed by atoms with Gasteiger partial charge in [0.2, 0.25) is 0 Å². The van der Waals surface area contributed by atoms with E-state index in [0.717, 1.165) is 35.2 Å². The first-order valence-corrected chi connectivity index (χ1v) is 11.8. The SMILES string of the molecule is CCO[C@H]1CCNC[C@@H](C(=O)N[C@H](C#N)Cc2ccc(-c3ccc4oc(=O)n(C)c4c3)cc2)OC1. The Kier molecular flexibility index (Phi) is 7.98. The van der Waals surface area contributed by atoms with Gasteiger partial charge in [0.05, 0.1) is 24.3 Å². The van der Waals surface area contributed by atoms with E-state index >= 15 is 0 Å². The Morgan fingerprint density at radius 3 is 2.80 bits per heavy atom. The van der Waals surface area contributed by atoms with Gasteiger partial charge in [-0.05, 0) is 48.7 Å². The summed E-state index contributed by atoms with van der Waals surface area (Å²) in [5.41, 5.74) is 4.11. The van der Waals surface area contributed by atoms with Crippen molar-refractivity contribution in [1.82, 2.24) is 15.2 Å². The normalized spacial score (nSPS) is 19.5. The van der Waals surface area contributed by atoms with E-state index in [9.17, 15) is 14.9 Å². The molecule has 9 heteroatoms. The van der Waals surface area contributed by atoms with Crippen LogP contribution in [0.4, 0.5) is 0 Å². The summed E-state index contributed by atoms with van der Waals surface area (Å²) in [6.45, 7) is 4.02. The molecule has 9 nitrogen and oxygen atoms in total. The van der Waals surface area contributed by atoms with Crippen LogP contribution in [0, 0.1) is 11.3 Å². The fourth-order valence-corrected chi connectivity index (χ4v) is 4.17. The van der Waals surface area contributed by atoms with Crippen molar-refractivity contribution >= 4 is 17.0 Å². The molecule has 0 radical (unpaired) electrons. The average molecular weight is 479 g/mol. The number of ether oxygens (including phenoxy) is 2. The fraction of sp³-hybridized carbons (Fsp3) is 0.423. The molecular weight excluding hydrogens is 448 g/mol. The third-order valence-electron chi connectivity index (χ3n) is 6.14. The molecule has 2 heterocycles. The molecule has 0 bridgehead atoms. The van der Waals surface area contributed by atoms with Crippen molar-refractivity contribution in [1.29, 1.82) is 5.26 Å².